The molecule has 2 rings (SSSR count). The van der Waals surface area contributed by atoms with Gasteiger partial charge in [-0.2, -0.15) is 0 Å². The highest BCUT2D eigenvalue weighted by Gasteiger charge is 2.17. The Balaban J connectivity index is 1.86. The summed E-state index contributed by atoms with van der Waals surface area (Å²) in [6, 6.07) is 8.71. The Kier molecular flexibility index (Phi) is 5.42. The molecule has 1 N–H and O–H groups in total. The number of benzene rings is 1. The molecule has 0 saturated carbocycles. The Morgan fingerprint density at radius 1 is 1.20 bits per heavy atom. The molecule has 0 aliphatic carbocycles. The van der Waals surface area contributed by atoms with E-state index in [4.69, 9.17) is 5.11 Å². The van der Waals surface area contributed by atoms with Gasteiger partial charge >= 0.3 is 0 Å². The molecule has 0 spiro atoms. The molecule has 0 atom stereocenters. The third-order valence-corrected chi connectivity index (χ3v) is 3.89. The average Bonchev–Trinajstić information content (AvgIpc) is 2.83. The number of nitrogens with zero attached hydrogens (tertiary/aromatic N) is 1. The Bertz CT molecular complexity index is 502. The van der Waals surface area contributed by atoms with Crippen LogP contribution in [-0.2, 0) is 6.42 Å². The summed E-state index contributed by atoms with van der Waals surface area (Å²) < 4.78 is 0. The van der Waals surface area contributed by atoms with Crippen molar-refractivity contribution in [2.24, 2.45) is 0 Å². The number of aliphatic hydroxyl groups is 1. The number of allylic oxidation sites excluding steroid dienone is 2. The fourth-order valence-corrected chi connectivity index (χ4v) is 2.74. The summed E-state index contributed by atoms with van der Waals surface area (Å²) in [6.07, 6.45) is 7.48. The number of hydrogen-bond donors (Lipinski definition) is 1. The van der Waals surface area contributed by atoms with E-state index in [1.807, 2.05) is 6.08 Å². The van der Waals surface area contributed by atoms with E-state index in [0.717, 1.165) is 25.9 Å². The molecule has 0 fully saturated rings. The number of para-hydroxylation sites is 1. The molecular formula is C18H25NO. The van der Waals surface area contributed by atoms with E-state index in [-0.39, 0.29) is 6.61 Å². The van der Waals surface area contributed by atoms with Crippen LogP contribution in [0.25, 0.3) is 0 Å². The first-order valence-electron chi connectivity index (χ1n) is 7.45. The van der Waals surface area contributed by atoms with Gasteiger partial charge in [0.15, 0.2) is 0 Å². The lowest BCUT2D eigenvalue weighted by molar-refractivity contribution is 0.341. The number of anilines is 1. The summed E-state index contributed by atoms with van der Waals surface area (Å²) in [5, 5.41) is 8.83. The van der Waals surface area contributed by atoms with Crippen LogP contribution in [0.4, 0.5) is 5.69 Å². The quantitative estimate of drug-likeness (QED) is 0.797. The van der Waals surface area contributed by atoms with E-state index in [9.17, 15) is 0 Å². The highest BCUT2D eigenvalue weighted by Crippen LogP contribution is 2.27. The van der Waals surface area contributed by atoms with Crippen LogP contribution in [0.1, 0.15) is 32.3 Å². The molecule has 1 aliphatic rings. The van der Waals surface area contributed by atoms with Crippen molar-refractivity contribution in [1.29, 1.82) is 0 Å². The summed E-state index contributed by atoms with van der Waals surface area (Å²) >= 11 is 0. The van der Waals surface area contributed by atoms with Crippen LogP contribution in [0.5, 0.6) is 0 Å². The summed E-state index contributed by atoms with van der Waals surface area (Å²) in [5.74, 6) is 0. The minimum absolute atomic E-state index is 0.152. The lowest BCUT2D eigenvalue weighted by atomic mass is 10.1. The van der Waals surface area contributed by atoms with Crippen LogP contribution >= 0.6 is 0 Å². The smallest absolute Gasteiger partial charge is 0.0614 e. The molecule has 0 bridgehead atoms. The van der Waals surface area contributed by atoms with Gasteiger partial charge < -0.3 is 10.0 Å². The molecule has 1 aliphatic heterocycles. The average molecular weight is 271 g/mol. The van der Waals surface area contributed by atoms with E-state index in [1.165, 1.54) is 28.8 Å². The molecule has 2 nitrogen and oxygen atoms in total. The zero-order valence-electron chi connectivity index (χ0n) is 12.6. The zero-order chi connectivity index (χ0) is 14.4. The summed E-state index contributed by atoms with van der Waals surface area (Å²) in [4.78, 5) is 2.47. The fourth-order valence-electron chi connectivity index (χ4n) is 2.74. The molecule has 20 heavy (non-hydrogen) atoms. The van der Waals surface area contributed by atoms with Gasteiger partial charge in [0, 0.05) is 18.8 Å². The first-order chi connectivity index (χ1) is 9.70. The van der Waals surface area contributed by atoms with E-state index in [2.05, 4.69) is 49.1 Å². The van der Waals surface area contributed by atoms with Crippen molar-refractivity contribution in [1.82, 2.24) is 0 Å². The first kappa shape index (κ1) is 14.9. The molecule has 0 radical (unpaired) electrons. The number of aliphatic hydroxyl groups excluding tert-OH is 1. The second-order valence-corrected chi connectivity index (χ2v) is 5.62. The second kappa shape index (κ2) is 7.30. The monoisotopic (exact) mass is 271 g/mol. The standard InChI is InChI=1S/C18H25NO/c1-15(11-13-20)6-5-7-16(2)14-19-12-10-17-8-3-4-9-18(17)19/h3-4,7-9,11,20H,5-6,10,12-14H2,1-2H3/b15-11+,16-7+. The van der Waals surface area contributed by atoms with Gasteiger partial charge in [0.1, 0.15) is 0 Å². The lowest BCUT2D eigenvalue weighted by Gasteiger charge is -2.19. The fraction of sp³-hybridized carbons (Fsp3) is 0.444. The third kappa shape index (κ3) is 3.97. The zero-order valence-corrected chi connectivity index (χ0v) is 12.6. The van der Waals surface area contributed by atoms with Gasteiger partial charge in [-0.3, -0.25) is 0 Å². The predicted octanol–water partition coefficient (Wildman–Crippen LogP) is 3.71. The van der Waals surface area contributed by atoms with Crippen molar-refractivity contribution in [2.75, 3.05) is 24.6 Å². The molecule has 0 unspecified atom stereocenters. The predicted molar refractivity (Wildman–Crippen MR) is 86.2 cm³/mol. The maximum atomic E-state index is 8.83. The normalized spacial score (nSPS) is 15.7. The molecular weight excluding hydrogens is 246 g/mol. The van der Waals surface area contributed by atoms with E-state index < -0.39 is 0 Å². The number of rotatable bonds is 6. The van der Waals surface area contributed by atoms with Gasteiger partial charge in [0.05, 0.1) is 6.61 Å². The largest absolute Gasteiger partial charge is 0.392 e. The molecule has 0 saturated heterocycles. The van der Waals surface area contributed by atoms with Gasteiger partial charge in [-0.1, -0.05) is 41.5 Å². The molecule has 1 aromatic rings. The maximum Gasteiger partial charge on any atom is 0.0614 e. The third-order valence-electron chi connectivity index (χ3n) is 3.89. The van der Waals surface area contributed by atoms with Crippen molar-refractivity contribution in [3.05, 3.63) is 53.1 Å². The Morgan fingerprint density at radius 3 is 2.80 bits per heavy atom. The van der Waals surface area contributed by atoms with Crippen molar-refractivity contribution in [3.63, 3.8) is 0 Å². The van der Waals surface area contributed by atoms with Gasteiger partial charge in [0.25, 0.3) is 0 Å². The summed E-state index contributed by atoms with van der Waals surface area (Å²) in [6.45, 7) is 6.61. The minimum Gasteiger partial charge on any atom is -0.392 e. The van der Waals surface area contributed by atoms with Crippen molar-refractivity contribution >= 4 is 5.69 Å². The maximum absolute atomic E-state index is 8.83. The van der Waals surface area contributed by atoms with Crippen molar-refractivity contribution < 1.29 is 5.11 Å². The van der Waals surface area contributed by atoms with Crippen LogP contribution in [0.3, 0.4) is 0 Å². The van der Waals surface area contributed by atoms with Crippen molar-refractivity contribution in [2.45, 2.75) is 33.1 Å². The Labute approximate surface area is 122 Å². The first-order valence-corrected chi connectivity index (χ1v) is 7.45. The summed E-state index contributed by atoms with van der Waals surface area (Å²) in [7, 11) is 0. The van der Waals surface area contributed by atoms with Crippen LogP contribution < -0.4 is 4.90 Å². The lowest BCUT2D eigenvalue weighted by Crippen LogP contribution is -2.22. The summed E-state index contributed by atoms with van der Waals surface area (Å²) in [5.41, 5.74) is 5.57. The molecule has 108 valence electrons. The van der Waals surface area contributed by atoms with Crippen LogP contribution in [0.15, 0.2) is 47.6 Å². The minimum atomic E-state index is 0.152. The van der Waals surface area contributed by atoms with Gasteiger partial charge in [-0.25, -0.2) is 0 Å². The van der Waals surface area contributed by atoms with Gasteiger partial charge in [-0.05, 0) is 44.7 Å². The van der Waals surface area contributed by atoms with Crippen LogP contribution in [-0.4, -0.2) is 24.8 Å². The Morgan fingerprint density at radius 2 is 2.00 bits per heavy atom. The topological polar surface area (TPSA) is 23.5 Å². The van der Waals surface area contributed by atoms with Gasteiger partial charge in [-0.15, -0.1) is 0 Å². The van der Waals surface area contributed by atoms with Crippen molar-refractivity contribution in [3.8, 4) is 0 Å². The molecule has 2 heteroatoms. The highest BCUT2D eigenvalue weighted by molar-refractivity contribution is 5.58. The van der Waals surface area contributed by atoms with E-state index >= 15 is 0 Å². The highest BCUT2D eigenvalue weighted by atomic mass is 16.2. The second-order valence-electron chi connectivity index (χ2n) is 5.62. The SMILES string of the molecule is C/C(=C\CO)CC/C=C(\C)CN1CCc2ccccc21. The van der Waals surface area contributed by atoms with Crippen LogP contribution in [0.2, 0.25) is 0 Å². The van der Waals surface area contributed by atoms with E-state index in [1.54, 1.807) is 0 Å². The number of hydrogen-bond acceptors (Lipinski definition) is 2. The van der Waals surface area contributed by atoms with Gasteiger partial charge in [0.2, 0.25) is 0 Å². The molecule has 0 amide bonds. The van der Waals surface area contributed by atoms with Crippen LogP contribution in [0, 0.1) is 0 Å². The molecule has 0 aromatic heterocycles. The molecule has 1 aromatic carbocycles. The van der Waals surface area contributed by atoms with E-state index in [0.29, 0.717) is 0 Å². The molecule has 1 heterocycles. The number of fused-ring (bicyclic) bond motifs is 1. The Hall–Kier alpha value is -1.54.